The molecule has 20 heavy (non-hydrogen) atoms. The van der Waals surface area contributed by atoms with Crippen molar-refractivity contribution in [2.75, 3.05) is 0 Å². The second kappa shape index (κ2) is 5.27. The zero-order valence-corrected chi connectivity index (χ0v) is 10.8. The molecule has 0 saturated heterocycles. The fourth-order valence-corrected chi connectivity index (χ4v) is 2.04. The molecule has 2 rings (SSSR count). The summed E-state index contributed by atoms with van der Waals surface area (Å²) in [6.07, 6.45) is 0. The van der Waals surface area contributed by atoms with E-state index >= 15 is 0 Å². The molecule has 2 aromatic rings. The van der Waals surface area contributed by atoms with Crippen molar-refractivity contribution in [2.45, 2.75) is 13.8 Å². The molecule has 0 aromatic heterocycles. The van der Waals surface area contributed by atoms with E-state index in [1.807, 2.05) is 0 Å². The monoisotopic (exact) mass is 284 g/mol. The van der Waals surface area contributed by atoms with Crippen molar-refractivity contribution in [2.24, 2.45) is 0 Å². The lowest BCUT2D eigenvalue weighted by Crippen LogP contribution is -2.35. The average Bonchev–Trinajstić information content (AvgIpc) is 2.37. The Balaban J connectivity index is 2.54. The molecule has 0 atom stereocenters. The lowest BCUT2D eigenvalue weighted by atomic mass is 9.61. The van der Waals surface area contributed by atoms with Gasteiger partial charge in [0.2, 0.25) is 0 Å². The van der Waals surface area contributed by atoms with E-state index in [1.165, 1.54) is 13.8 Å². The Morgan fingerprint density at radius 3 is 2.05 bits per heavy atom. The van der Waals surface area contributed by atoms with Gasteiger partial charge in [-0.05, 0) is 36.5 Å². The van der Waals surface area contributed by atoms with Gasteiger partial charge >= 0.3 is 0 Å². The maximum absolute atomic E-state index is 13.7. The van der Waals surface area contributed by atoms with Crippen molar-refractivity contribution in [1.29, 1.82) is 0 Å². The van der Waals surface area contributed by atoms with Gasteiger partial charge in [0.05, 0.1) is 0 Å². The van der Waals surface area contributed by atoms with Crippen molar-refractivity contribution < 1.29 is 22.0 Å². The van der Waals surface area contributed by atoms with E-state index in [-0.39, 0.29) is 29.3 Å². The topological polar surface area (TPSA) is 0 Å². The highest BCUT2D eigenvalue weighted by Gasteiger charge is 2.18. The molecule has 0 radical (unpaired) electrons. The van der Waals surface area contributed by atoms with Gasteiger partial charge in [-0.3, -0.25) is 0 Å². The van der Waals surface area contributed by atoms with E-state index in [2.05, 4.69) is 0 Å². The molecule has 0 aliphatic rings. The quantitative estimate of drug-likeness (QED) is 0.451. The van der Waals surface area contributed by atoms with Gasteiger partial charge in [0.15, 0.2) is 18.9 Å². The van der Waals surface area contributed by atoms with E-state index in [1.54, 1.807) is 0 Å². The summed E-state index contributed by atoms with van der Waals surface area (Å²) in [6.45, 7) is 2.64. The molecule has 0 unspecified atom stereocenters. The highest BCUT2D eigenvalue weighted by atomic mass is 19.2. The van der Waals surface area contributed by atoms with Crippen LogP contribution in [0.4, 0.5) is 22.0 Å². The van der Waals surface area contributed by atoms with Crippen LogP contribution in [0.2, 0.25) is 0 Å². The van der Waals surface area contributed by atoms with Gasteiger partial charge in [0, 0.05) is 12.1 Å². The van der Waals surface area contributed by atoms with Gasteiger partial charge in [-0.25, -0.2) is 22.0 Å². The van der Waals surface area contributed by atoms with Crippen LogP contribution in [0.1, 0.15) is 11.1 Å². The minimum atomic E-state index is -1.29. The van der Waals surface area contributed by atoms with Crippen LogP contribution in [-0.2, 0) is 0 Å². The van der Waals surface area contributed by atoms with Crippen LogP contribution in [0.25, 0.3) is 0 Å². The van der Waals surface area contributed by atoms with Crippen molar-refractivity contribution in [3.8, 4) is 0 Å². The molecular formula is C14H10BF5. The third-order valence-corrected chi connectivity index (χ3v) is 3.32. The van der Waals surface area contributed by atoms with Crippen LogP contribution >= 0.6 is 0 Å². The summed E-state index contributed by atoms with van der Waals surface area (Å²) < 4.78 is 66.8. The summed E-state index contributed by atoms with van der Waals surface area (Å²) in [5.74, 6) is -4.95. The molecule has 0 saturated carbocycles. The normalized spacial score (nSPS) is 10.8. The van der Waals surface area contributed by atoms with Crippen molar-refractivity contribution >= 4 is 18.2 Å². The first-order chi connectivity index (χ1) is 9.31. The standard InChI is InChI=1S/C14H10BF5/c1-6-9(3-8(16)4-10(6)17)15-13-7(2)14(20)12(19)5-11(13)18/h3-5,15H,1-2H3. The predicted molar refractivity (Wildman–Crippen MR) is 68.6 cm³/mol. The third-order valence-electron chi connectivity index (χ3n) is 3.32. The van der Waals surface area contributed by atoms with Crippen molar-refractivity contribution in [3.63, 3.8) is 0 Å². The van der Waals surface area contributed by atoms with Crippen LogP contribution in [0.5, 0.6) is 0 Å². The Labute approximate surface area is 113 Å². The first kappa shape index (κ1) is 14.6. The van der Waals surface area contributed by atoms with Gasteiger partial charge in [0.1, 0.15) is 17.5 Å². The Morgan fingerprint density at radius 1 is 0.750 bits per heavy atom. The number of hydrogen-bond acceptors (Lipinski definition) is 0. The Bertz CT molecular complexity index is 682. The van der Waals surface area contributed by atoms with Crippen molar-refractivity contribution in [1.82, 2.24) is 0 Å². The first-order valence-corrected chi connectivity index (χ1v) is 5.88. The summed E-state index contributed by atoms with van der Waals surface area (Å²) in [7, 11) is -0.213. The largest absolute Gasteiger partial charge is 0.207 e. The molecule has 6 heteroatoms. The van der Waals surface area contributed by atoms with Gasteiger partial charge < -0.3 is 0 Å². The van der Waals surface area contributed by atoms with Gasteiger partial charge in [-0.1, -0.05) is 5.46 Å². The van der Waals surface area contributed by atoms with Crippen LogP contribution < -0.4 is 10.9 Å². The zero-order chi connectivity index (χ0) is 15.0. The first-order valence-electron chi connectivity index (χ1n) is 5.88. The maximum Gasteiger partial charge on any atom is 0.197 e. The molecule has 0 fully saturated rings. The third kappa shape index (κ3) is 2.55. The van der Waals surface area contributed by atoms with Crippen LogP contribution in [0, 0.1) is 42.9 Å². The summed E-state index contributed by atoms with van der Waals surface area (Å²) in [5.41, 5.74) is 0.0222. The van der Waals surface area contributed by atoms with Crippen LogP contribution in [0.15, 0.2) is 18.2 Å². The fraction of sp³-hybridized carbons (Fsp3) is 0.143. The fourth-order valence-electron chi connectivity index (χ4n) is 2.04. The molecule has 0 aliphatic heterocycles. The predicted octanol–water partition coefficient (Wildman–Crippen LogP) is 2.39. The minimum Gasteiger partial charge on any atom is -0.207 e. The lowest BCUT2D eigenvalue weighted by molar-refractivity contribution is 0.492. The molecular weight excluding hydrogens is 274 g/mol. The molecule has 0 heterocycles. The van der Waals surface area contributed by atoms with E-state index in [4.69, 9.17) is 0 Å². The van der Waals surface area contributed by atoms with Crippen LogP contribution in [0.3, 0.4) is 0 Å². The molecule has 0 N–H and O–H groups in total. The summed E-state index contributed by atoms with van der Waals surface area (Å²) in [5, 5.41) is 0. The minimum absolute atomic E-state index is 0.114. The van der Waals surface area contributed by atoms with E-state index in [9.17, 15) is 22.0 Å². The second-order valence-electron chi connectivity index (χ2n) is 4.61. The highest BCUT2D eigenvalue weighted by Crippen LogP contribution is 2.12. The summed E-state index contributed by atoms with van der Waals surface area (Å²) in [4.78, 5) is 0. The molecule has 104 valence electrons. The number of hydrogen-bond donors (Lipinski definition) is 0. The maximum atomic E-state index is 13.7. The molecule has 0 amide bonds. The smallest absolute Gasteiger partial charge is 0.197 e. The molecule has 2 aromatic carbocycles. The average molecular weight is 284 g/mol. The van der Waals surface area contributed by atoms with E-state index < -0.39 is 29.1 Å². The van der Waals surface area contributed by atoms with E-state index in [0.29, 0.717) is 12.1 Å². The molecule has 0 spiro atoms. The summed E-state index contributed by atoms with van der Waals surface area (Å²) >= 11 is 0. The zero-order valence-electron chi connectivity index (χ0n) is 10.8. The summed E-state index contributed by atoms with van der Waals surface area (Å²) in [6, 6.07) is 2.20. The lowest BCUT2D eigenvalue weighted by Gasteiger charge is -2.11. The van der Waals surface area contributed by atoms with Gasteiger partial charge in [-0.15, -0.1) is 0 Å². The Hall–Kier alpha value is -1.85. The highest BCUT2D eigenvalue weighted by molar-refractivity contribution is 6.68. The van der Waals surface area contributed by atoms with Gasteiger partial charge in [-0.2, -0.15) is 0 Å². The number of benzene rings is 2. The number of rotatable bonds is 2. The molecule has 0 bridgehead atoms. The second-order valence-corrected chi connectivity index (χ2v) is 4.61. The Kier molecular flexibility index (Phi) is 3.83. The Morgan fingerprint density at radius 2 is 1.40 bits per heavy atom. The molecule has 0 nitrogen and oxygen atoms in total. The van der Waals surface area contributed by atoms with Gasteiger partial charge in [0.25, 0.3) is 0 Å². The van der Waals surface area contributed by atoms with E-state index in [0.717, 1.165) is 6.07 Å². The van der Waals surface area contributed by atoms with Crippen molar-refractivity contribution in [3.05, 3.63) is 58.4 Å². The molecule has 0 aliphatic carbocycles. The number of halogens is 5. The van der Waals surface area contributed by atoms with Crippen LogP contribution in [-0.4, -0.2) is 7.28 Å². The SMILES string of the molecule is Cc1c(F)cc(F)cc1Bc1c(F)cc(F)c(F)c1C.